The van der Waals surface area contributed by atoms with Gasteiger partial charge in [-0.05, 0) is 44.1 Å². The van der Waals surface area contributed by atoms with Crippen LogP contribution in [0.4, 0.5) is 13.2 Å². The number of hydrogen-bond donors (Lipinski definition) is 0. The molecule has 0 N–H and O–H groups in total. The van der Waals surface area contributed by atoms with Gasteiger partial charge in [0, 0.05) is 12.5 Å². The minimum Gasteiger partial charge on any atom is -0.309 e. The average Bonchev–Trinajstić information content (AvgIpc) is 2.54. The number of halogens is 3. The van der Waals surface area contributed by atoms with Crippen LogP contribution in [0.15, 0.2) is 60.2 Å². The Balaban J connectivity index is 2.46. The molecular weight excluding hydrogens is 335 g/mol. The minimum absolute atomic E-state index is 0.0834. The molecular formula is C22H26F3N. The average molecular weight is 361 g/mol. The van der Waals surface area contributed by atoms with Gasteiger partial charge in [-0.25, -0.2) is 0 Å². The fraction of sp³-hybridized carbons (Fsp3) is 0.364. The Labute approximate surface area is 154 Å². The van der Waals surface area contributed by atoms with Gasteiger partial charge in [-0.1, -0.05) is 67.1 Å². The Kier molecular flexibility index (Phi) is 6.65. The highest BCUT2D eigenvalue weighted by atomic mass is 19.4. The van der Waals surface area contributed by atoms with Gasteiger partial charge < -0.3 is 4.90 Å². The first kappa shape index (κ1) is 20.2. The number of nitrogens with zero attached hydrogens (tertiary/aromatic N) is 1. The molecule has 0 radical (unpaired) electrons. The third-order valence-corrected chi connectivity index (χ3v) is 4.48. The molecule has 0 fully saturated rings. The molecule has 26 heavy (non-hydrogen) atoms. The van der Waals surface area contributed by atoms with E-state index in [9.17, 15) is 13.2 Å². The molecule has 2 aromatic rings. The quantitative estimate of drug-likeness (QED) is 0.602. The van der Waals surface area contributed by atoms with Crippen LogP contribution in [0.3, 0.4) is 0 Å². The lowest BCUT2D eigenvalue weighted by atomic mass is 9.80. The molecule has 0 aliphatic heterocycles. The van der Waals surface area contributed by atoms with Crippen LogP contribution in [-0.2, 0) is 6.18 Å². The minimum atomic E-state index is -4.33. The van der Waals surface area contributed by atoms with Crippen molar-refractivity contribution in [3.05, 3.63) is 76.9 Å². The third kappa shape index (κ3) is 5.46. The summed E-state index contributed by atoms with van der Waals surface area (Å²) in [6.07, 6.45) is -2.26. The number of rotatable bonds is 6. The fourth-order valence-electron chi connectivity index (χ4n) is 3.53. The van der Waals surface area contributed by atoms with E-state index in [1.165, 1.54) is 12.1 Å². The van der Waals surface area contributed by atoms with Crippen molar-refractivity contribution in [3.8, 4) is 0 Å². The second kappa shape index (κ2) is 8.54. The summed E-state index contributed by atoms with van der Waals surface area (Å²) < 4.78 is 39.5. The van der Waals surface area contributed by atoms with E-state index in [1.54, 1.807) is 6.07 Å². The molecule has 0 aliphatic carbocycles. The number of allylic oxidation sites excluding steroid dienone is 1. The lowest BCUT2D eigenvalue weighted by molar-refractivity contribution is -0.137. The van der Waals surface area contributed by atoms with Gasteiger partial charge in [0.2, 0.25) is 0 Å². The Morgan fingerprint density at radius 3 is 2.27 bits per heavy atom. The van der Waals surface area contributed by atoms with Crippen LogP contribution in [0.1, 0.15) is 36.5 Å². The molecule has 0 bridgehead atoms. The van der Waals surface area contributed by atoms with Crippen LogP contribution in [-0.4, -0.2) is 25.5 Å². The van der Waals surface area contributed by atoms with Gasteiger partial charge in [-0.3, -0.25) is 0 Å². The molecule has 0 heterocycles. The van der Waals surface area contributed by atoms with Crippen LogP contribution in [0.2, 0.25) is 0 Å². The van der Waals surface area contributed by atoms with E-state index < -0.39 is 11.7 Å². The van der Waals surface area contributed by atoms with Gasteiger partial charge in [-0.2, -0.15) is 13.2 Å². The van der Waals surface area contributed by atoms with Gasteiger partial charge in [0.15, 0.2) is 0 Å². The summed E-state index contributed by atoms with van der Waals surface area (Å²) in [7, 11) is 3.96. The van der Waals surface area contributed by atoms with Crippen LogP contribution in [0.5, 0.6) is 0 Å². The molecule has 0 saturated carbocycles. The molecule has 0 amide bonds. The third-order valence-electron chi connectivity index (χ3n) is 4.48. The topological polar surface area (TPSA) is 3.24 Å². The summed E-state index contributed by atoms with van der Waals surface area (Å²) in [6, 6.07) is 15.6. The van der Waals surface area contributed by atoms with Crippen LogP contribution < -0.4 is 0 Å². The lowest BCUT2D eigenvalue weighted by Crippen LogP contribution is -2.25. The molecule has 2 rings (SSSR count). The normalized spacial score (nSPS) is 15.2. The molecule has 2 atom stereocenters. The molecule has 1 nitrogen and oxygen atoms in total. The van der Waals surface area contributed by atoms with Crippen molar-refractivity contribution in [1.29, 1.82) is 0 Å². The monoisotopic (exact) mass is 361 g/mol. The first-order chi connectivity index (χ1) is 12.2. The summed E-state index contributed by atoms with van der Waals surface area (Å²) in [5.74, 6) is 0.0911. The van der Waals surface area contributed by atoms with E-state index in [4.69, 9.17) is 0 Å². The molecule has 2 aromatic carbocycles. The maximum Gasteiger partial charge on any atom is 0.416 e. The van der Waals surface area contributed by atoms with Crippen molar-refractivity contribution in [2.24, 2.45) is 5.92 Å². The van der Waals surface area contributed by atoms with Gasteiger partial charge in [-0.15, -0.1) is 0 Å². The van der Waals surface area contributed by atoms with Crippen molar-refractivity contribution in [2.45, 2.75) is 25.9 Å². The first-order valence-corrected chi connectivity index (χ1v) is 8.73. The lowest BCUT2D eigenvalue weighted by Gasteiger charge is -2.28. The highest BCUT2D eigenvalue weighted by Gasteiger charge is 2.32. The van der Waals surface area contributed by atoms with Crippen molar-refractivity contribution in [2.75, 3.05) is 20.6 Å². The summed E-state index contributed by atoms with van der Waals surface area (Å²) in [6.45, 7) is 4.89. The Morgan fingerprint density at radius 1 is 1.04 bits per heavy atom. The van der Waals surface area contributed by atoms with Crippen LogP contribution in [0, 0.1) is 5.92 Å². The zero-order valence-electron chi connectivity index (χ0n) is 15.7. The number of benzene rings is 2. The zero-order valence-corrected chi connectivity index (χ0v) is 15.7. The summed E-state index contributed by atoms with van der Waals surface area (Å²) in [5.41, 5.74) is 2.23. The Morgan fingerprint density at radius 2 is 1.69 bits per heavy atom. The molecule has 0 saturated heterocycles. The second-order valence-corrected chi connectivity index (χ2v) is 7.14. The van der Waals surface area contributed by atoms with E-state index in [2.05, 4.69) is 17.9 Å². The molecule has 0 aliphatic rings. The highest BCUT2D eigenvalue weighted by molar-refractivity contribution is 5.55. The summed E-state index contributed by atoms with van der Waals surface area (Å²) >= 11 is 0. The van der Waals surface area contributed by atoms with Crippen molar-refractivity contribution < 1.29 is 13.2 Å². The zero-order chi connectivity index (χ0) is 19.3. The van der Waals surface area contributed by atoms with Gasteiger partial charge >= 0.3 is 6.18 Å². The highest BCUT2D eigenvalue weighted by Crippen LogP contribution is 2.37. The van der Waals surface area contributed by atoms with Crippen molar-refractivity contribution in [1.82, 2.24) is 4.90 Å². The fourth-order valence-corrected chi connectivity index (χ4v) is 3.53. The van der Waals surface area contributed by atoms with Gasteiger partial charge in [0.05, 0.1) is 5.56 Å². The van der Waals surface area contributed by atoms with E-state index in [0.717, 1.165) is 23.7 Å². The van der Waals surface area contributed by atoms with E-state index in [1.807, 2.05) is 51.4 Å². The number of alkyl halides is 3. The number of hydrogen-bond acceptors (Lipinski definition) is 1. The predicted molar refractivity (Wildman–Crippen MR) is 102 cm³/mol. The second-order valence-electron chi connectivity index (χ2n) is 7.14. The molecule has 4 heteroatoms. The van der Waals surface area contributed by atoms with Crippen LogP contribution in [0.25, 0.3) is 6.08 Å². The Bertz CT molecular complexity index is 733. The predicted octanol–water partition coefficient (Wildman–Crippen LogP) is 6.09. The van der Waals surface area contributed by atoms with E-state index >= 15 is 0 Å². The van der Waals surface area contributed by atoms with Crippen LogP contribution >= 0.6 is 0 Å². The first-order valence-electron chi connectivity index (χ1n) is 8.73. The molecule has 0 aromatic heterocycles. The van der Waals surface area contributed by atoms with E-state index in [0.29, 0.717) is 5.56 Å². The van der Waals surface area contributed by atoms with Crippen molar-refractivity contribution >= 4 is 6.08 Å². The smallest absolute Gasteiger partial charge is 0.309 e. The van der Waals surface area contributed by atoms with Gasteiger partial charge in [0.1, 0.15) is 0 Å². The summed E-state index contributed by atoms with van der Waals surface area (Å²) in [4.78, 5) is 2.07. The van der Waals surface area contributed by atoms with Crippen molar-refractivity contribution in [3.63, 3.8) is 0 Å². The van der Waals surface area contributed by atoms with E-state index in [-0.39, 0.29) is 11.8 Å². The molecule has 2 unspecified atom stereocenters. The maximum atomic E-state index is 13.2. The Hall–Kier alpha value is -2.07. The van der Waals surface area contributed by atoms with Gasteiger partial charge in [0.25, 0.3) is 0 Å². The largest absolute Gasteiger partial charge is 0.416 e. The summed E-state index contributed by atoms with van der Waals surface area (Å²) in [5, 5.41) is 0. The maximum absolute atomic E-state index is 13.2. The SMILES string of the molecule is CC(=Cc1ccccc1)C(c1cccc(C(F)(F)F)c1)C(C)CN(C)C. The molecule has 0 spiro atoms. The molecule has 140 valence electrons. The standard InChI is InChI=1S/C22H26F3N/c1-16(13-18-9-6-5-7-10-18)21(17(2)15-26(3)4)19-11-8-12-20(14-19)22(23,24)25/h5-14,17,21H,15H2,1-4H3.